The van der Waals surface area contributed by atoms with Gasteiger partial charge in [-0.1, -0.05) is 28.1 Å². The van der Waals surface area contributed by atoms with Crippen LogP contribution < -0.4 is 20.5 Å². The molecule has 0 radical (unpaired) electrons. The minimum atomic E-state index is -0.287. The first-order valence-electron chi connectivity index (χ1n) is 12.0. The Hall–Kier alpha value is -3.95. The maximum absolute atomic E-state index is 12.6. The number of hydrogen-bond acceptors (Lipinski definition) is 6. The number of fused-ring (bicyclic) bond motifs is 2. The molecule has 9 heteroatoms. The third kappa shape index (κ3) is 4.87. The third-order valence-electron chi connectivity index (χ3n) is 6.46. The summed E-state index contributed by atoms with van der Waals surface area (Å²) in [6, 6.07) is 18.6. The van der Waals surface area contributed by atoms with Gasteiger partial charge >= 0.3 is 0 Å². The molecule has 2 aromatic carbocycles. The monoisotopic (exact) mass is 558 g/mol. The number of hydrogen-bond donors (Lipinski definition) is 2. The smallest absolute Gasteiger partial charge is 0.274 e. The summed E-state index contributed by atoms with van der Waals surface area (Å²) in [5.41, 5.74) is 5.19. The van der Waals surface area contributed by atoms with Gasteiger partial charge in [-0.25, -0.2) is 0 Å². The summed E-state index contributed by atoms with van der Waals surface area (Å²) in [5, 5.41) is 2.91. The predicted octanol–water partition coefficient (Wildman–Crippen LogP) is 4.98. The lowest BCUT2D eigenvalue weighted by molar-refractivity contribution is 0.102. The Balaban J connectivity index is 1.28. The van der Waals surface area contributed by atoms with Crippen LogP contribution in [-0.2, 0) is 11.2 Å². The number of H-pyrrole nitrogens is 1. The molecular formula is C28H23BrN4O4. The second-order valence-electron chi connectivity index (χ2n) is 8.92. The minimum Gasteiger partial charge on any atom is -0.456 e. The summed E-state index contributed by atoms with van der Waals surface area (Å²) in [5.74, 6) is 1.15. The molecule has 2 aliphatic heterocycles. The lowest BCUT2D eigenvalue weighted by Crippen LogP contribution is -2.36. The Kier molecular flexibility index (Phi) is 6.23. The minimum absolute atomic E-state index is 0.159. The van der Waals surface area contributed by atoms with Crippen LogP contribution in [0.3, 0.4) is 0 Å². The number of nitrogens with one attached hydrogen (secondary N) is 2. The van der Waals surface area contributed by atoms with Crippen molar-refractivity contribution in [2.45, 2.75) is 6.42 Å². The average Bonchev–Trinajstić information content (AvgIpc) is 2.91. The van der Waals surface area contributed by atoms with Crippen molar-refractivity contribution in [3.8, 4) is 22.8 Å². The van der Waals surface area contributed by atoms with Gasteiger partial charge in [-0.05, 0) is 48.0 Å². The van der Waals surface area contributed by atoms with Crippen LogP contribution in [-0.4, -0.2) is 42.2 Å². The molecule has 2 N–H and O–H groups in total. The molecule has 2 aromatic heterocycles. The summed E-state index contributed by atoms with van der Waals surface area (Å²) in [7, 11) is 0. The highest BCUT2D eigenvalue weighted by Gasteiger charge is 2.23. The molecule has 0 unspecified atom stereocenters. The molecule has 4 aromatic rings. The largest absolute Gasteiger partial charge is 0.456 e. The summed E-state index contributed by atoms with van der Waals surface area (Å²) in [6.07, 6.45) is 2.21. The van der Waals surface area contributed by atoms with Crippen molar-refractivity contribution >= 4 is 33.2 Å². The molecule has 2 aliphatic rings. The fraction of sp³-hybridized carbons (Fsp3) is 0.179. The fourth-order valence-electron chi connectivity index (χ4n) is 4.67. The molecule has 186 valence electrons. The summed E-state index contributed by atoms with van der Waals surface area (Å²) < 4.78 is 12.6. The van der Waals surface area contributed by atoms with Crippen molar-refractivity contribution in [2.24, 2.45) is 0 Å². The van der Waals surface area contributed by atoms with Crippen LogP contribution in [0.1, 0.15) is 21.6 Å². The highest BCUT2D eigenvalue weighted by Crippen LogP contribution is 2.43. The predicted molar refractivity (Wildman–Crippen MR) is 145 cm³/mol. The number of carbonyl (C=O) groups is 1. The number of benzene rings is 2. The average molecular weight is 559 g/mol. The second kappa shape index (κ2) is 9.84. The van der Waals surface area contributed by atoms with Gasteiger partial charge in [0.1, 0.15) is 17.2 Å². The van der Waals surface area contributed by atoms with Crippen LogP contribution in [0, 0.1) is 0 Å². The van der Waals surface area contributed by atoms with Gasteiger partial charge in [-0.3, -0.25) is 14.6 Å². The fourth-order valence-corrected chi connectivity index (χ4v) is 5.00. The van der Waals surface area contributed by atoms with Crippen LogP contribution in [0.4, 0.5) is 11.4 Å². The van der Waals surface area contributed by atoms with Gasteiger partial charge in [0, 0.05) is 58.7 Å². The number of nitrogens with zero attached hydrogens (tertiary/aromatic N) is 2. The number of halogens is 1. The number of rotatable bonds is 4. The van der Waals surface area contributed by atoms with E-state index in [0.717, 1.165) is 45.7 Å². The van der Waals surface area contributed by atoms with Crippen LogP contribution in [0.2, 0.25) is 0 Å². The summed E-state index contributed by atoms with van der Waals surface area (Å²) in [4.78, 5) is 34.5. The van der Waals surface area contributed by atoms with Gasteiger partial charge in [0.05, 0.1) is 18.9 Å². The molecule has 1 saturated heterocycles. The zero-order valence-corrected chi connectivity index (χ0v) is 21.4. The Morgan fingerprint density at radius 1 is 1.03 bits per heavy atom. The number of ether oxygens (including phenoxy) is 2. The van der Waals surface area contributed by atoms with E-state index >= 15 is 0 Å². The SMILES string of the molecule is O=C(Nc1ccc2c(c1)Cc1cccc(-c3cc(N4CCOCC4)cc(=O)[nH]3)c1O2)c1cc(Br)ccn1. The van der Waals surface area contributed by atoms with Gasteiger partial charge < -0.3 is 24.7 Å². The van der Waals surface area contributed by atoms with Crippen LogP contribution in [0.25, 0.3) is 11.3 Å². The molecular weight excluding hydrogens is 536 g/mol. The van der Waals surface area contributed by atoms with Crippen molar-refractivity contribution in [1.29, 1.82) is 0 Å². The number of carbonyl (C=O) groups excluding carboxylic acids is 1. The van der Waals surface area contributed by atoms with Gasteiger partial charge in [0.15, 0.2) is 0 Å². The van der Waals surface area contributed by atoms with Crippen molar-refractivity contribution in [3.05, 3.63) is 98.5 Å². The van der Waals surface area contributed by atoms with Crippen molar-refractivity contribution in [1.82, 2.24) is 9.97 Å². The Morgan fingerprint density at radius 3 is 2.73 bits per heavy atom. The van der Waals surface area contributed by atoms with Crippen molar-refractivity contribution in [2.75, 3.05) is 36.5 Å². The molecule has 0 aliphatic carbocycles. The highest BCUT2D eigenvalue weighted by molar-refractivity contribution is 9.10. The standard InChI is InChI=1S/C28H23BrN4O4/c29-19-6-7-30-24(14-19)28(35)31-20-4-5-25-18(13-20)12-17-2-1-3-22(27(17)37-25)23-15-21(16-26(34)32-23)33-8-10-36-11-9-33/h1-7,13-16H,8-12H2,(H,31,35)(H,32,34). The van der Waals surface area contributed by atoms with E-state index in [0.29, 0.717) is 42.5 Å². The van der Waals surface area contributed by atoms with E-state index < -0.39 is 0 Å². The molecule has 0 atom stereocenters. The van der Waals surface area contributed by atoms with Crippen molar-refractivity contribution < 1.29 is 14.3 Å². The van der Waals surface area contributed by atoms with E-state index in [2.05, 4.69) is 36.1 Å². The number of aromatic nitrogens is 2. The number of para-hydroxylation sites is 1. The van der Waals surface area contributed by atoms with Crippen LogP contribution in [0.15, 0.2) is 76.1 Å². The van der Waals surface area contributed by atoms with Crippen LogP contribution >= 0.6 is 15.9 Å². The Labute approximate surface area is 221 Å². The first kappa shape index (κ1) is 23.4. The maximum Gasteiger partial charge on any atom is 0.274 e. The maximum atomic E-state index is 12.6. The first-order valence-corrected chi connectivity index (χ1v) is 12.8. The molecule has 37 heavy (non-hydrogen) atoms. The van der Waals surface area contributed by atoms with Gasteiger partial charge in [-0.15, -0.1) is 0 Å². The molecule has 0 spiro atoms. The van der Waals surface area contributed by atoms with E-state index in [4.69, 9.17) is 9.47 Å². The van der Waals surface area contributed by atoms with E-state index in [1.165, 1.54) is 0 Å². The van der Waals surface area contributed by atoms with Gasteiger partial charge in [0.2, 0.25) is 5.56 Å². The number of aromatic amines is 1. The first-order chi connectivity index (χ1) is 18.0. The van der Waals surface area contributed by atoms with Gasteiger partial charge in [0.25, 0.3) is 5.91 Å². The second-order valence-corrected chi connectivity index (χ2v) is 9.84. The third-order valence-corrected chi connectivity index (χ3v) is 6.95. The van der Waals surface area contributed by atoms with E-state index in [1.807, 2.05) is 42.5 Å². The van der Waals surface area contributed by atoms with E-state index in [1.54, 1.807) is 24.4 Å². The lowest BCUT2D eigenvalue weighted by Gasteiger charge is -2.29. The molecule has 4 heterocycles. The zero-order valence-electron chi connectivity index (χ0n) is 19.8. The molecule has 0 bridgehead atoms. The van der Waals surface area contributed by atoms with Crippen molar-refractivity contribution in [3.63, 3.8) is 0 Å². The number of morpholine rings is 1. The van der Waals surface area contributed by atoms with E-state index in [9.17, 15) is 9.59 Å². The molecule has 8 nitrogen and oxygen atoms in total. The number of anilines is 2. The summed E-state index contributed by atoms with van der Waals surface area (Å²) in [6.45, 7) is 2.78. The number of pyridine rings is 2. The molecule has 0 saturated carbocycles. The van der Waals surface area contributed by atoms with Gasteiger partial charge in [-0.2, -0.15) is 0 Å². The lowest BCUT2D eigenvalue weighted by atomic mass is 9.96. The zero-order chi connectivity index (χ0) is 25.4. The Morgan fingerprint density at radius 2 is 1.89 bits per heavy atom. The Bertz CT molecular complexity index is 1560. The highest BCUT2D eigenvalue weighted by atomic mass is 79.9. The molecule has 1 fully saturated rings. The quantitative estimate of drug-likeness (QED) is 0.322. The number of amides is 1. The van der Waals surface area contributed by atoms with Crippen LogP contribution in [0.5, 0.6) is 11.5 Å². The topological polar surface area (TPSA) is 96.6 Å². The molecule has 6 rings (SSSR count). The van der Waals surface area contributed by atoms with E-state index in [-0.39, 0.29) is 11.5 Å². The molecule has 1 amide bonds. The normalized spacial score (nSPS) is 14.4. The summed E-state index contributed by atoms with van der Waals surface area (Å²) >= 11 is 3.37.